The minimum atomic E-state index is 0.729. The predicted molar refractivity (Wildman–Crippen MR) is 65.5 cm³/mol. The molecule has 0 atom stereocenters. The van der Waals surface area contributed by atoms with Crippen molar-refractivity contribution in [3.8, 4) is 0 Å². The summed E-state index contributed by atoms with van der Waals surface area (Å²) in [5.74, 6) is 1.54. The van der Waals surface area contributed by atoms with Gasteiger partial charge in [0, 0.05) is 6.54 Å². The van der Waals surface area contributed by atoms with Crippen molar-refractivity contribution >= 4 is 0 Å². The van der Waals surface area contributed by atoms with Gasteiger partial charge in [0.1, 0.15) is 0 Å². The van der Waals surface area contributed by atoms with Crippen molar-refractivity contribution < 1.29 is 4.52 Å². The number of aromatic nitrogens is 2. The Morgan fingerprint density at radius 2 is 2.29 bits per heavy atom. The summed E-state index contributed by atoms with van der Waals surface area (Å²) in [6.45, 7) is 7.57. The van der Waals surface area contributed by atoms with Gasteiger partial charge in [-0.15, -0.1) is 0 Å². The van der Waals surface area contributed by atoms with Crippen LogP contribution >= 0.6 is 0 Å². The SMILES string of the molecule is CCCN(Cc1ncno1)CC1CCNCC1. The third-order valence-corrected chi connectivity index (χ3v) is 3.28. The van der Waals surface area contributed by atoms with Gasteiger partial charge >= 0.3 is 0 Å². The van der Waals surface area contributed by atoms with Crippen LogP contribution in [0.2, 0.25) is 0 Å². The van der Waals surface area contributed by atoms with Crippen LogP contribution in [0.15, 0.2) is 10.9 Å². The number of nitrogens with zero attached hydrogens (tertiary/aromatic N) is 3. The van der Waals surface area contributed by atoms with Gasteiger partial charge in [0.25, 0.3) is 0 Å². The number of rotatable bonds is 6. The van der Waals surface area contributed by atoms with Gasteiger partial charge in [0.2, 0.25) is 5.89 Å². The highest BCUT2D eigenvalue weighted by molar-refractivity contribution is 4.78. The standard InChI is InChI=1S/C12H22N4O/c1-2-7-16(9-12-14-10-15-17-12)8-11-3-5-13-6-4-11/h10-11,13H,2-9H2,1H3. The molecule has 0 aliphatic carbocycles. The zero-order valence-electron chi connectivity index (χ0n) is 10.6. The quantitative estimate of drug-likeness (QED) is 0.809. The minimum Gasteiger partial charge on any atom is -0.338 e. The van der Waals surface area contributed by atoms with Crippen LogP contribution in [0, 0.1) is 5.92 Å². The van der Waals surface area contributed by atoms with E-state index in [1.54, 1.807) is 0 Å². The Bertz CT molecular complexity index is 295. The van der Waals surface area contributed by atoms with Crippen LogP contribution in [-0.2, 0) is 6.54 Å². The third-order valence-electron chi connectivity index (χ3n) is 3.28. The second kappa shape index (κ2) is 6.71. The Labute approximate surface area is 103 Å². The van der Waals surface area contributed by atoms with Crippen molar-refractivity contribution in [3.05, 3.63) is 12.2 Å². The summed E-state index contributed by atoms with van der Waals surface area (Å²) in [6.07, 6.45) is 5.21. The number of hydrogen-bond acceptors (Lipinski definition) is 5. The molecule has 0 bridgehead atoms. The first-order chi connectivity index (χ1) is 8.38. The molecule has 0 aromatic carbocycles. The lowest BCUT2D eigenvalue weighted by atomic mass is 9.97. The summed E-state index contributed by atoms with van der Waals surface area (Å²) in [5, 5.41) is 7.07. The highest BCUT2D eigenvalue weighted by Crippen LogP contribution is 2.15. The van der Waals surface area contributed by atoms with Crippen LogP contribution in [-0.4, -0.2) is 41.2 Å². The highest BCUT2D eigenvalue weighted by Gasteiger charge is 2.17. The van der Waals surface area contributed by atoms with E-state index in [4.69, 9.17) is 4.52 Å². The molecule has 2 rings (SSSR count). The van der Waals surface area contributed by atoms with E-state index in [2.05, 4.69) is 27.3 Å². The molecule has 0 spiro atoms. The average molecular weight is 238 g/mol. The summed E-state index contributed by atoms with van der Waals surface area (Å²) >= 11 is 0. The molecule has 0 radical (unpaired) electrons. The van der Waals surface area contributed by atoms with Crippen LogP contribution in [0.3, 0.4) is 0 Å². The molecular weight excluding hydrogens is 216 g/mol. The Morgan fingerprint density at radius 1 is 1.47 bits per heavy atom. The molecule has 1 fully saturated rings. The molecule has 2 heterocycles. The van der Waals surface area contributed by atoms with Crippen molar-refractivity contribution in [2.45, 2.75) is 32.7 Å². The van der Waals surface area contributed by atoms with Gasteiger partial charge in [-0.25, -0.2) is 0 Å². The Hall–Kier alpha value is -0.940. The molecule has 0 unspecified atom stereocenters. The normalized spacial score (nSPS) is 17.8. The summed E-state index contributed by atoms with van der Waals surface area (Å²) in [6, 6.07) is 0. The summed E-state index contributed by atoms with van der Waals surface area (Å²) < 4.78 is 5.08. The van der Waals surface area contributed by atoms with E-state index in [1.165, 1.54) is 25.6 Å². The van der Waals surface area contributed by atoms with Crippen LogP contribution in [0.5, 0.6) is 0 Å². The Balaban J connectivity index is 1.83. The molecule has 17 heavy (non-hydrogen) atoms. The second-order valence-corrected chi connectivity index (χ2v) is 4.76. The Morgan fingerprint density at radius 3 is 2.94 bits per heavy atom. The van der Waals surface area contributed by atoms with Crippen LogP contribution in [0.4, 0.5) is 0 Å². The van der Waals surface area contributed by atoms with Gasteiger partial charge in [-0.05, 0) is 44.8 Å². The van der Waals surface area contributed by atoms with Crippen molar-refractivity contribution in [1.82, 2.24) is 20.4 Å². The van der Waals surface area contributed by atoms with E-state index in [0.29, 0.717) is 0 Å². The zero-order chi connectivity index (χ0) is 11.9. The zero-order valence-corrected chi connectivity index (χ0v) is 10.6. The molecule has 5 heteroatoms. The lowest BCUT2D eigenvalue weighted by Gasteiger charge is -2.28. The number of hydrogen-bond donors (Lipinski definition) is 1. The summed E-state index contributed by atoms with van der Waals surface area (Å²) in [5.41, 5.74) is 0. The predicted octanol–water partition coefficient (Wildman–Crippen LogP) is 1.28. The monoisotopic (exact) mass is 238 g/mol. The van der Waals surface area contributed by atoms with E-state index in [9.17, 15) is 0 Å². The van der Waals surface area contributed by atoms with E-state index in [1.807, 2.05) is 0 Å². The molecular formula is C12H22N4O. The molecule has 1 aromatic rings. The van der Waals surface area contributed by atoms with Gasteiger partial charge in [-0.2, -0.15) is 4.98 Å². The van der Waals surface area contributed by atoms with Gasteiger partial charge in [-0.1, -0.05) is 12.1 Å². The molecule has 5 nitrogen and oxygen atoms in total. The molecule has 1 aliphatic heterocycles. The van der Waals surface area contributed by atoms with Crippen LogP contribution in [0.25, 0.3) is 0 Å². The van der Waals surface area contributed by atoms with Gasteiger partial charge in [0.05, 0.1) is 6.54 Å². The third kappa shape index (κ3) is 4.09. The number of nitrogens with one attached hydrogen (secondary N) is 1. The molecule has 0 amide bonds. The van der Waals surface area contributed by atoms with Crippen molar-refractivity contribution in [3.63, 3.8) is 0 Å². The van der Waals surface area contributed by atoms with E-state index in [0.717, 1.165) is 44.5 Å². The average Bonchev–Trinajstić information content (AvgIpc) is 2.83. The van der Waals surface area contributed by atoms with Crippen molar-refractivity contribution in [2.75, 3.05) is 26.2 Å². The lowest BCUT2D eigenvalue weighted by molar-refractivity contribution is 0.178. The maximum atomic E-state index is 5.08. The Kier molecular flexibility index (Phi) is 4.94. The fourth-order valence-corrected chi connectivity index (χ4v) is 2.44. The molecule has 1 aliphatic rings. The number of piperidine rings is 1. The first-order valence-electron chi connectivity index (χ1n) is 6.57. The maximum absolute atomic E-state index is 5.08. The van der Waals surface area contributed by atoms with Crippen molar-refractivity contribution in [1.29, 1.82) is 0 Å². The van der Waals surface area contributed by atoms with E-state index in [-0.39, 0.29) is 0 Å². The molecule has 1 saturated heterocycles. The fraction of sp³-hybridized carbons (Fsp3) is 0.833. The van der Waals surface area contributed by atoms with Gasteiger partial charge in [0.15, 0.2) is 6.33 Å². The second-order valence-electron chi connectivity index (χ2n) is 4.76. The smallest absolute Gasteiger partial charge is 0.240 e. The lowest BCUT2D eigenvalue weighted by Crippen LogP contribution is -2.36. The highest BCUT2D eigenvalue weighted by atomic mass is 16.5. The first kappa shape index (κ1) is 12.5. The van der Waals surface area contributed by atoms with E-state index >= 15 is 0 Å². The molecule has 1 N–H and O–H groups in total. The molecule has 1 aromatic heterocycles. The first-order valence-corrected chi connectivity index (χ1v) is 6.57. The van der Waals surface area contributed by atoms with Crippen LogP contribution < -0.4 is 5.32 Å². The van der Waals surface area contributed by atoms with Crippen molar-refractivity contribution in [2.24, 2.45) is 5.92 Å². The molecule has 0 saturated carbocycles. The topological polar surface area (TPSA) is 54.2 Å². The van der Waals surface area contributed by atoms with Gasteiger partial charge < -0.3 is 9.84 Å². The molecule has 96 valence electrons. The summed E-state index contributed by atoms with van der Waals surface area (Å²) in [4.78, 5) is 6.53. The minimum absolute atomic E-state index is 0.729. The largest absolute Gasteiger partial charge is 0.338 e. The van der Waals surface area contributed by atoms with Crippen LogP contribution in [0.1, 0.15) is 32.1 Å². The maximum Gasteiger partial charge on any atom is 0.240 e. The fourth-order valence-electron chi connectivity index (χ4n) is 2.44. The summed E-state index contributed by atoms with van der Waals surface area (Å²) in [7, 11) is 0. The van der Waals surface area contributed by atoms with E-state index < -0.39 is 0 Å². The van der Waals surface area contributed by atoms with Gasteiger partial charge in [-0.3, -0.25) is 4.90 Å².